The summed E-state index contributed by atoms with van der Waals surface area (Å²) >= 11 is 0. The molecule has 8 heteroatoms. The minimum Gasteiger partial charge on any atom is -0.445 e. The highest BCUT2D eigenvalue weighted by Crippen LogP contribution is 2.29. The first-order valence-corrected chi connectivity index (χ1v) is 10.4. The molecule has 0 bridgehead atoms. The van der Waals surface area contributed by atoms with Crippen LogP contribution in [0.1, 0.15) is 12.5 Å². The van der Waals surface area contributed by atoms with Crippen molar-refractivity contribution in [2.24, 2.45) is 11.0 Å². The van der Waals surface area contributed by atoms with Crippen LogP contribution in [0.4, 0.5) is 5.69 Å². The van der Waals surface area contributed by atoms with Gasteiger partial charge in [-0.15, -0.1) is 0 Å². The number of rotatable bonds is 6. The predicted octanol–water partition coefficient (Wildman–Crippen LogP) is 3.95. The molecule has 1 unspecified atom stereocenters. The van der Waals surface area contributed by atoms with E-state index < -0.39 is 5.92 Å². The first kappa shape index (κ1) is 20.4. The third-order valence-corrected chi connectivity index (χ3v) is 5.39. The summed E-state index contributed by atoms with van der Waals surface area (Å²) in [6.45, 7) is 1.70. The number of anilines is 1. The zero-order valence-corrected chi connectivity index (χ0v) is 17.8. The maximum Gasteiger partial charge on any atom is 0.263 e. The van der Waals surface area contributed by atoms with Crippen LogP contribution in [0.25, 0.3) is 22.7 Å². The fourth-order valence-corrected chi connectivity index (χ4v) is 3.85. The third-order valence-electron chi connectivity index (χ3n) is 5.39. The van der Waals surface area contributed by atoms with E-state index in [1.807, 2.05) is 30.3 Å². The normalized spacial score (nSPS) is 15.5. The molecule has 0 saturated heterocycles. The number of ketones is 1. The van der Waals surface area contributed by atoms with Crippen LogP contribution in [0, 0.1) is 5.92 Å². The Kier molecular flexibility index (Phi) is 5.32. The molecule has 33 heavy (non-hydrogen) atoms. The van der Waals surface area contributed by atoms with Gasteiger partial charge in [0.05, 0.1) is 29.5 Å². The van der Waals surface area contributed by atoms with Crippen molar-refractivity contribution in [3.05, 3.63) is 85.1 Å². The third kappa shape index (κ3) is 4.06. The van der Waals surface area contributed by atoms with E-state index in [9.17, 15) is 9.59 Å². The van der Waals surface area contributed by atoms with Gasteiger partial charge in [-0.3, -0.25) is 19.6 Å². The monoisotopic (exact) mass is 437 g/mol. The molecule has 0 spiro atoms. The molecule has 162 valence electrons. The molecule has 1 atom stereocenters. The van der Waals surface area contributed by atoms with Gasteiger partial charge < -0.3 is 4.42 Å². The van der Waals surface area contributed by atoms with Crippen molar-refractivity contribution < 1.29 is 14.0 Å². The molecule has 0 fully saturated rings. The Balaban J connectivity index is 1.35. The van der Waals surface area contributed by atoms with E-state index in [0.717, 1.165) is 16.8 Å². The van der Waals surface area contributed by atoms with Gasteiger partial charge in [0.2, 0.25) is 5.89 Å². The Labute approximate surface area is 189 Å². The fraction of sp³-hybridized carbons (Fsp3) is 0.120. The number of aromatic nitrogens is 3. The number of carbonyl (C=O) groups excluding carboxylic acids is 2. The average Bonchev–Trinajstić information content (AvgIpc) is 3.48. The Bertz CT molecular complexity index is 1350. The molecule has 1 aliphatic heterocycles. The van der Waals surface area contributed by atoms with Crippen molar-refractivity contribution in [1.82, 2.24) is 15.0 Å². The molecule has 0 saturated carbocycles. The first-order chi connectivity index (χ1) is 16.1. The van der Waals surface area contributed by atoms with E-state index in [2.05, 4.69) is 20.1 Å². The van der Waals surface area contributed by atoms with Crippen molar-refractivity contribution in [3.63, 3.8) is 0 Å². The first-order valence-electron chi connectivity index (χ1n) is 10.4. The van der Waals surface area contributed by atoms with Gasteiger partial charge in [-0.05, 0) is 36.8 Å². The number of hydrazone groups is 1. The van der Waals surface area contributed by atoms with E-state index in [-0.39, 0.29) is 18.1 Å². The van der Waals surface area contributed by atoms with E-state index in [1.165, 1.54) is 11.3 Å². The van der Waals surface area contributed by atoms with Gasteiger partial charge in [-0.1, -0.05) is 24.3 Å². The van der Waals surface area contributed by atoms with E-state index in [4.69, 9.17) is 4.42 Å². The molecular formula is C25H19N5O3. The molecule has 0 radical (unpaired) electrons. The Hall–Kier alpha value is -4.46. The highest BCUT2D eigenvalue weighted by Gasteiger charge is 2.39. The molecule has 1 amide bonds. The SMILES string of the molecule is CC1=NN(c2cccc(-c3ncco3)c2)C(=O)C1C(=O)Cc1cccc(-c2cnccn2)c1. The minimum absolute atomic E-state index is 0.113. The number of oxazole rings is 1. The van der Waals surface area contributed by atoms with Gasteiger partial charge in [0.1, 0.15) is 12.2 Å². The largest absolute Gasteiger partial charge is 0.445 e. The predicted molar refractivity (Wildman–Crippen MR) is 122 cm³/mol. The van der Waals surface area contributed by atoms with Crippen molar-refractivity contribution in [3.8, 4) is 22.7 Å². The Morgan fingerprint density at radius 3 is 2.67 bits per heavy atom. The number of Topliss-reactive ketones (excluding diaryl/α,β-unsaturated/α-hetero) is 1. The smallest absolute Gasteiger partial charge is 0.263 e. The summed E-state index contributed by atoms with van der Waals surface area (Å²) < 4.78 is 5.34. The van der Waals surface area contributed by atoms with E-state index in [0.29, 0.717) is 22.9 Å². The second-order valence-electron chi connectivity index (χ2n) is 7.65. The summed E-state index contributed by atoms with van der Waals surface area (Å²) in [6.07, 6.45) is 8.05. The highest BCUT2D eigenvalue weighted by molar-refractivity contribution is 6.27. The molecule has 0 N–H and O–H groups in total. The summed E-state index contributed by atoms with van der Waals surface area (Å²) in [5.41, 5.74) is 4.12. The molecule has 2 aromatic heterocycles. The van der Waals surface area contributed by atoms with Crippen molar-refractivity contribution >= 4 is 23.1 Å². The lowest BCUT2D eigenvalue weighted by Gasteiger charge is -2.14. The lowest BCUT2D eigenvalue weighted by Crippen LogP contribution is -2.33. The fourth-order valence-electron chi connectivity index (χ4n) is 3.85. The molecule has 4 aromatic rings. The van der Waals surface area contributed by atoms with Gasteiger partial charge in [-0.2, -0.15) is 10.1 Å². The zero-order valence-electron chi connectivity index (χ0n) is 17.8. The lowest BCUT2D eigenvalue weighted by atomic mass is 9.93. The maximum absolute atomic E-state index is 13.2. The molecule has 5 rings (SSSR count). The molecule has 0 aliphatic carbocycles. The summed E-state index contributed by atoms with van der Waals surface area (Å²) in [5, 5.41) is 5.66. The van der Waals surface area contributed by atoms with Crippen LogP contribution >= 0.6 is 0 Å². The van der Waals surface area contributed by atoms with Crippen LogP contribution < -0.4 is 5.01 Å². The summed E-state index contributed by atoms with van der Waals surface area (Å²) in [4.78, 5) is 38.8. The van der Waals surface area contributed by atoms with Gasteiger partial charge in [-0.25, -0.2) is 4.98 Å². The zero-order chi connectivity index (χ0) is 22.8. The molecule has 1 aliphatic rings. The van der Waals surface area contributed by atoms with Crippen LogP contribution in [-0.4, -0.2) is 32.4 Å². The van der Waals surface area contributed by atoms with Gasteiger partial charge >= 0.3 is 0 Å². The second kappa shape index (κ2) is 8.58. The molecular weight excluding hydrogens is 418 g/mol. The number of benzene rings is 2. The van der Waals surface area contributed by atoms with Crippen LogP contribution in [0.2, 0.25) is 0 Å². The Morgan fingerprint density at radius 1 is 1.03 bits per heavy atom. The standard InChI is InChI=1S/C25H19N5O3/c1-16-23(22(31)13-17-4-2-5-18(12-17)21-15-26-8-9-27-21)25(32)30(29-16)20-7-3-6-19(14-20)24-28-10-11-33-24/h2-12,14-15,23H,13H2,1H3. The molecule has 2 aromatic carbocycles. The van der Waals surface area contributed by atoms with Gasteiger partial charge in [0.25, 0.3) is 5.91 Å². The second-order valence-corrected chi connectivity index (χ2v) is 7.65. The number of amides is 1. The van der Waals surface area contributed by atoms with E-state index in [1.54, 1.807) is 49.9 Å². The average molecular weight is 437 g/mol. The number of hydrogen-bond acceptors (Lipinski definition) is 7. The minimum atomic E-state index is -0.921. The van der Waals surface area contributed by atoms with Crippen LogP contribution in [-0.2, 0) is 16.0 Å². The van der Waals surface area contributed by atoms with Crippen LogP contribution in [0.15, 0.2) is 89.1 Å². The summed E-state index contributed by atoms with van der Waals surface area (Å²) in [7, 11) is 0. The Morgan fingerprint density at radius 2 is 1.88 bits per heavy atom. The maximum atomic E-state index is 13.2. The molecule has 3 heterocycles. The highest BCUT2D eigenvalue weighted by atomic mass is 16.3. The van der Waals surface area contributed by atoms with Crippen LogP contribution in [0.3, 0.4) is 0 Å². The lowest BCUT2D eigenvalue weighted by molar-refractivity contribution is -0.128. The summed E-state index contributed by atoms with van der Waals surface area (Å²) in [5.74, 6) is -1.05. The number of nitrogens with zero attached hydrogens (tertiary/aromatic N) is 5. The van der Waals surface area contributed by atoms with Crippen molar-refractivity contribution in [1.29, 1.82) is 0 Å². The van der Waals surface area contributed by atoms with Gasteiger partial charge in [0, 0.05) is 29.9 Å². The number of hydrogen-bond donors (Lipinski definition) is 0. The number of carbonyl (C=O) groups is 2. The van der Waals surface area contributed by atoms with Crippen molar-refractivity contribution in [2.75, 3.05) is 5.01 Å². The van der Waals surface area contributed by atoms with Gasteiger partial charge in [0.15, 0.2) is 5.78 Å². The van der Waals surface area contributed by atoms with Crippen molar-refractivity contribution in [2.45, 2.75) is 13.3 Å². The molecule has 8 nitrogen and oxygen atoms in total. The summed E-state index contributed by atoms with van der Waals surface area (Å²) in [6, 6.07) is 14.7. The quantitative estimate of drug-likeness (QED) is 0.423. The van der Waals surface area contributed by atoms with E-state index >= 15 is 0 Å². The topological polar surface area (TPSA) is 102 Å². The van der Waals surface area contributed by atoms with Crippen LogP contribution in [0.5, 0.6) is 0 Å².